The molecule has 0 aliphatic rings. The van der Waals surface area contributed by atoms with Crippen LogP contribution >= 0.6 is 0 Å². The van der Waals surface area contributed by atoms with Crippen LogP contribution in [0.25, 0.3) is 0 Å². The molecule has 1 aromatic rings. The first kappa shape index (κ1) is 16.5. The van der Waals surface area contributed by atoms with Crippen LogP contribution in [-0.2, 0) is 4.74 Å². The number of hydrogen-bond acceptors (Lipinski definition) is 3. The van der Waals surface area contributed by atoms with Crippen LogP contribution in [0.4, 0.5) is 5.69 Å². The van der Waals surface area contributed by atoms with Gasteiger partial charge in [0.15, 0.2) is 0 Å². The van der Waals surface area contributed by atoms with Crippen molar-refractivity contribution < 1.29 is 9.53 Å². The van der Waals surface area contributed by atoms with Gasteiger partial charge in [-0.25, -0.2) is 0 Å². The Labute approximate surface area is 121 Å². The van der Waals surface area contributed by atoms with Crippen molar-refractivity contribution in [1.29, 1.82) is 0 Å². The van der Waals surface area contributed by atoms with E-state index < -0.39 is 0 Å². The second-order valence-electron chi connectivity index (χ2n) is 5.25. The van der Waals surface area contributed by atoms with Crippen LogP contribution in [0.15, 0.2) is 18.2 Å². The molecule has 1 atom stereocenters. The number of carbonyl (C=O) groups excluding carboxylic acids is 1. The summed E-state index contributed by atoms with van der Waals surface area (Å²) in [5.41, 5.74) is 2.69. The van der Waals surface area contributed by atoms with Gasteiger partial charge in [-0.2, -0.15) is 0 Å². The van der Waals surface area contributed by atoms with Crippen molar-refractivity contribution in [3.8, 4) is 0 Å². The highest BCUT2D eigenvalue weighted by Gasteiger charge is 2.12. The fourth-order valence-corrected chi connectivity index (χ4v) is 1.97. The molecule has 112 valence electrons. The molecule has 2 N–H and O–H groups in total. The van der Waals surface area contributed by atoms with Gasteiger partial charge < -0.3 is 15.4 Å². The molecule has 0 saturated heterocycles. The Hall–Kier alpha value is -1.55. The van der Waals surface area contributed by atoms with Crippen LogP contribution in [0.2, 0.25) is 0 Å². The van der Waals surface area contributed by atoms with Gasteiger partial charge in [0.1, 0.15) is 0 Å². The average molecular weight is 278 g/mol. The Morgan fingerprint density at radius 1 is 1.40 bits per heavy atom. The molecule has 1 unspecified atom stereocenters. The minimum absolute atomic E-state index is 0.0322. The Morgan fingerprint density at radius 2 is 2.15 bits per heavy atom. The van der Waals surface area contributed by atoms with Gasteiger partial charge in [-0.05, 0) is 31.4 Å². The van der Waals surface area contributed by atoms with Crippen LogP contribution in [0.3, 0.4) is 0 Å². The summed E-state index contributed by atoms with van der Waals surface area (Å²) in [6.45, 7) is 8.28. The highest BCUT2D eigenvalue weighted by molar-refractivity contribution is 5.99. The number of nitrogens with one attached hydrogen (secondary N) is 2. The first-order chi connectivity index (χ1) is 9.58. The van der Waals surface area contributed by atoms with Crippen molar-refractivity contribution in [3.63, 3.8) is 0 Å². The van der Waals surface area contributed by atoms with Crippen LogP contribution in [0.1, 0.15) is 36.2 Å². The Morgan fingerprint density at radius 3 is 2.80 bits per heavy atom. The molecular formula is C16H26N2O2. The molecule has 0 spiro atoms. The number of carbonyl (C=O) groups is 1. The summed E-state index contributed by atoms with van der Waals surface area (Å²) in [5.74, 6) is 0.274. The Kier molecular flexibility index (Phi) is 7.09. The minimum Gasteiger partial charge on any atom is -0.384 e. The summed E-state index contributed by atoms with van der Waals surface area (Å²) in [6.07, 6.45) is 1.03. The molecule has 4 heteroatoms. The Balaban J connectivity index is 2.72. The largest absolute Gasteiger partial charge is 0.384 e. The maximum atomic E-state index is 12.3. The number of aryl methyl sites for hydroxylation is 1. The van der Waals surface area contributed by atoms with E-state index in [-0.39, 0.29) is 5.91 Å². The molecular weight excluding hydrogens is 252 g/mol. The van der Waals surface area contributed by atoms with Crippen LogP contribution < -0.4 is 10.6 Å². The lowest BCUT2D eigenvalue weighted by Gasteiger charge is -2.15. The minimum atomic E-state index is -0.0322. The van der Waals surface area contributed by atoms with E-state index in [0.29, 0.717) is 24.6 Å². The van der Waals surface area contributed by atoms with Crippen LogP contribution in [0.5, 0.6) is 0 Å². The van der Waals surface area contributed by atoms with Gasteiger partial charge in [-0.3, -0.25) is 4.79 Å². The highest BCUT2D eigenvalue weighted by atomic mass is 16.5. The van der Waals surface area contributed by atoms with Crippen molar-refractivity contribution in [2.45, 2.75) is 27.2 Å². The molecule has 0 aliphatic heterocycles. The lowest BCUT2D eigenvalue weighted by atomic mass is 10.1. The van der Waals surface area contributed by atoms with Crippen molar-refractivity contribution in [2.24, 2.45) is 5.92 Å². The molecule has 20 heavy (non-hydrogen) atoms. The van der Waals surface area contributed by atoms with E-state index in [2.05, 4.69) is 24.5 Å². The molecule has 1 amide bonds. The predicted molar refractivity (Wildman–Crippen MR) is 83.3 cm³/mol. The molecule has 1 rings (SSSR count). The van der Waals surface area contributed by atoms with E-state index in [1.54, 1.807) is 7.11 Å². The molecule has 1 aromatic carbocycles. The lowest BCUT2D eigenvalue weighted by molar-refractivity contribution is 0.0935. The van der Waals surface area contributed by atoms with Gasteiger partial charge in [0, 0.05) is 25.9 Å². The third-order valence-corrected chi connectivity index (χ3v) is 3.05. The van der Waals surface area contributed by atoms with Crippen molar-refractivity contribution in [2.75, 3.05) is 32.1 Å². The zero-order chi connectivity index (χ0) is 15.0. The quantitative estimate of drug-likeness (QED) is 0.769. The zero-order valence-corrected chi connectivity index (χ0v) is 13.0. The van der Waals surface area contributed by atoms with Gasteiger partial charge in [0.2, 0.25) is 0 Å². The third kappa shape index (κ3) is 5.21. The van der Waals surface area contributed by atoms with E-state index in [4.69, 9.17) is 4.74 Å². The molecule has 0 aromatic heterocycles. The normalized spacial score (nSPS) is 12.0. The fraction of sp³-hybridized carbons (Fsp3) is 0.562. The van der Waals surface area contributed by atoms with Crippen molar-refractivity contribution in [1.82, 2.24) is 5.32 Å². The number of methoxy groups -OCH3 is 1. The summed E-state index contributed by atoms with van der Waals surface area (Å²) in [4.78, 5) is 12.3. The lowest BCUT2D eigenvalue weighted by Crippen LogP contribution is -2.30. The fourth-order valence-electron chi connectivity index (χ4n) is 1.97. The number of ether oxygens (including phenoxy) is 1. The first-order valence-corrected chi connectivity index (χ1v) is 7.20. The average Bonchev–Trinajstić information content (AvgIpc) is 2.43. The van der Waals surface area contributed by atoms with Crippen molar-refractivity contribution in [3.05, 3.63) is 29.3 Å². The van der Waals surface area contributed by atoms with Crippen LogP contribution in [-0.4, -0.2) is 32.7 Å². The summed E-state index contributed by atoms with van der Waals surface area (Å²) in [7, 11) is 1.67. The molecule has 0 radical (unpaired) electrons. The van der Waals surface area contributed by atoms with E-state index in [9.17, 15) is 4.79 Å². The molecule has 0 saturated carbocycles. The molecule has 0 aliphatic carbocycles. The van der Waals surface area contributed by atoms with E-state index in [0.717, 1.165) is 24.2 Å². The molecule has 0 bridgehead atoms. The van der Waals surface area contributed by atoms with Gasteiger partial charge >= 0.3 is 0 Å². The van der Waals surface area contributed by atoms with E-state index in [1.165, 1.54) is 0 Å². The monoisotopic (exact) mass is 278 g/mol. The number of amides is 1. The third-order valence-electron chi connectivity index (χ3n) is 3.05. The standard InChI is InChI=1S/C16H26N2O2/c1-5-8-17-15-7-6-12(2)9-14(15)16(19)18-10-13(3)11-20-4/h6-7,9,13,17H,5,8,10-11H2,1-4H3,(H,18,19). The molecule has 0 fully saturated rings. The summed E-state index contributed by atoms with van der Waals surface area (Å²) < 4.78 is 5.07. The SMILES string of the molecule is CCCNc1ccc(C)cc1C(=O)NCC(C)COC. The summed E-state index contributed by atoms with van der Waals surface area (Å²) in [6, 6.07) is 5.91. The van der Waals surface area contributed by atoms with E-state index >= 15 is 0 Å². The van der Waals surface area contributed by atoms with Gasteiger partial charge in [0.05, 0.1) is 12.2 Å². The summed E-state index contributed by atoms with van der Waals surface area (Å²) >= 11 is 0. The molecule has 0 heterocycles. The maximum Gasteiger partial charge on any atom is 0.253 e. The number of anilines is 1. The summed E-state index contributed by atoms with van der Waals surface area (Å²) in [5, 5.41) is 6.27. The Bertz CT molecular complexity index is 432. The van der Waals surface area contributed by atoms with Gasteiger partial charge in [0.25, 0.3) is 5.91 Å². The smallest absolute Gasteiger partial charge is 0.253 e. The first-order valence-electron chi connectivity index (χ1n) is 7.20. The van der Waals surface area contributed by atoms with Crippen LogP contribution in [0, 0.1) is 12.8 Å². The zero-order valence-electron chi connectivity index (χ0n) is 13.0. The van der Waals surface area contributed by atoms with Gasteiger partial charge in [-0.1, -0.05) is 25.5 Å². The molecule has 4 nitrogen and oxygen atoms in total. The second kappa shape index (κ2) is 8.59. The topological polar surface area (TPSA) is 50.4 Å². The van der Waals surface area contributed by atoms with Gasteiger partial charge in [-0.15, -0.1) is 0 Å². The highest BCUT2D eigenvalue weighted by Crippen LogP contribution is 2.17. The number of benzene rings is 1. The number of rotatable bonds is 8. The van der Waals surface area contributed by atoms with Crippen molar-refractivity contribution >= 4 is 11.6 Å². The second-order valence-corrected chi connectivity index (χ2v) is 5.25. The van der Waals surface area contributed by atoms with E-state index in [1.807, 2.05) is 25.1 Å². The predicted octanol–water partition coefficient (Wildman–Crippen LogP) is 2.83. The maximum absolute atomic E-state index is 12.3. The number of hydrogen-bond donors (Lipinski definition) is 2.